The molecule has 1 heterocycles. The van der Waals surface area contributed by atoms with E-state index in [0.717, 1.165) is 29.9 Å². The van der Waals surface area contributed by atoms with Gasteiger partial charge in [0.1, 0.15) is 11.9 Å². The lowest BCUT2D eigenvalue weighted by molar-refractivity contribution is 0.203. The van der Waals surface area contributed by atoms with Gasteiger partial charge >= 0.3 is 0 Å². The lowest BCUT2D eigenvalue weighted by Gasteiger charge is -2.15. The maximum Gasteiger partial charge on any atom is 0.142 e. The second kappa shape index (κ2) is 5.15. The highest BCUT2D eigenvalue weighted by Gasteiger charge is 2.17. The number of aliphatic hydroxyl groups excluding tert-OH is 1. The molecule has 90 valence electrons. The molecule has 0 spiro atoms. The van der Waals surface area contributed by atoms with Gasteiger partial charge in [-0.3, -0.25) is 0 Å². The minimum absolute atomic E-state index is 0.641. The molecule has 1 unspecified atom stereocenters. The van der Waals surface area contributed by atoms with Crippen LogP contribution in [0, 0.1) is 6.92 Å². The van der Waals surface area contributed by atoms with Crippen molar-refractivity contribution in [1.82, 2.24) is 9.55 Å². The largest absolute Gasteiger partial charge is 0.380 e. The van der Waals surface area contributed by atoms with Gasteiger partial charge < -0.3 is 9.67 Å². The van der Waals surface area contributed by atoms with Crippen molar-refractivity contribution in [2.24, 2.45) is 0 Å². The molecule has 0 saturated carbocycles. The van der Waals surface area contributed by atoms with E-state index in [0.29, 0.717) is 0 Å². The van der Waals surface area contributed by atoms with Crippen LogP contribution in [0.3, 0.4) is 0 Å². The molecule has 0 radical (unpaired) electrons. The number of aliphatic hydroxyl groups is 1. The van der Waals surface area contributed by atoms with Crippen molar-refractivity contribution in [3.8, 4) is 0 Å². The summed E-state index contributed by atoms with van der Waals surface area (Å²) in [5.74, 6) is 0.723. The summed E-state index contributed by atoms with van der Waals surface area (Å²) in [6, 6.07) is 7.87. The van der Waals surface area contributed by atoms with Crippen molar-refractivity contribution in [3.05, 3.63) is 53.6 Å². The van der Waals surface area contributed by atoms with E-state index in [2.05, 4.69) is 11.9 Å². The normalized spacial score (nSPS) is 12.6. The first-order chi connectivity index (χ1) is 8.24. The van der Waals surface area contributed by atoms with Crippen LogP contribution in [0.4, 0.5) is 0 Å². The van der Waals surface area contributed by atoms with Crippen LogP contribution in [0.25, 0.3) is 0 Å². The molecule has 3 nitrogen and oxygen atoms in total. The van der Waals surface area contributed by atoms with Crippen LogP contribution in [-0.2, 0) is 6.54 Å². The molecule has 3 heteroatoms. The van der Waals surface area contributed by atoms with Gasteiger partial charge in [0.05, 0.1) is 0 Å². The average molecular weight is 230 g/mol. The Morgan fingerprint density at radius 1 is 1.35 bits per heavy atom. The van der Waals surface area contributed by atoms with Gasteiger partial charge in [-0.1, -0.05) is 31.2 Å². The Balaban J connectivity index is 2.34. The molecular formula is C14H18N2O. The van der Waals surface area contributed by atoms with Crippen molar-refractivity contribution < 1.29 is 5.11 Å². The Kier molecular flexibility index (Phi) is 3.59. The summed E-state index contributed by atoms with van der Waals surface area (Å²) in [6.07, 6.45) is 4.05. The molecule has 0 amide bonds. The standard InChI is InChI=1S/C14H18N2O/c1-3-9-16-10-8-15-14(16)13(17)12-7-5-4-6-11(12)2/h4-8,10,13,17H,3,9H2,1-2H3. The monoisotopic (exact) mass is 230 g/mol. The first-order valence-electron chi connectivity index (χ1n) is 5.98. The fourth-order valence-electron chi connectivity index (χ4n) is 2.03. The fraction of sp³-hybridized carbons (Fsp3) is 0.357. The van der Waals surface area contributed by atoms with E-state index in [1.54, 1.807) is 6.20 Å². The van der Waals surface area contributed by atoms with E-state index in [4.69, 9.17) is 0 Å². The Bertz CT molecular complexity index is 490. The van der Waals surface area contributed by atoms with Crippen molar-refractivity contribution >= 4 is 0 Å². The van der Waals surface area contributed by atoms with Crippen LogP contribution < -0.4 is 0 Å². The molecule has 1 N–H and O–H groups in total. The highest BCUT2D eigenvalue weighted by Crippen LogP contribution is 2.23. The molecule has 2 aromatic rings. The highest BCUT2D eigenvalue weighted by molar-refractivity contribution is 5.31. The summed E-state index contributed by atoms with van der Waals surface area (Å²) >= 11 is 0. The van der Waals surface area contributed by atoms with Gasteiger partial charge in [-0.2, -0.15) is 0 Å². The Morgan fingerprint density at radius 2 is 2.12 bits per heavy atom. The zero-order chi connectivity index (χ0) is 12.3. The van der Waals surface area contributed by atoms with Crippen LogP contribution in [0.1, 0.15) is 36.4 Å². The number of aryl methyl sites for hydroxylation is 2. The molecule has 0 aliphatic rings. The number of imidazole rings is 1. The van der Waals surface area contributed by atoms with E-state index in [1.807, 2.05) is 42.0 Å². The Hall–Kier alpha value is -1.61. The quantitative estimate of drug-likeness (QED) is 0.877. The number of nitrogens with zero attached hydrogens (tertiary/aromatic N) is 2. The van der Waals surface area contributed by atoms with Crippen molar-refractivity contribution in [2.75, 3.05) is 0 Å². The van der Waals surface area contributed by atoms with Gasteiger partial charge in [0.25, 0.3) is 0 Å². The molecule has 1 aromatic carbocycles. The number of benzene rings is 1. The zero-order valence-corrected chi connectivity index (χ0v) is 10.3. The van der Waals surface area contributed by atoms with Crippen molar-refractivity contribution in [3.63, 3.8) is 0 Å². The van der Waals surface area contributed by atoms with Crippen LogP contribution in [0.2, 0.25) is 0 Å². The maximum absolute atomic E-state index is 10.4. The molecule has 0 bridgehead atoms. The minimum Gasteiger partial charge on any atom is -0.380 e. The van der Waals surface area contributed by atoms with Gasteiger partial charge in [0, 0.05) is 18.9 Å². The number of hydrogen-bond donors (Lipinski definition) is 1. The SMILES string of the molecule is CCCn1ccnc1C(O)c1ccccc1C. The summed E-state index contributed by atoms with van der Waals surface area (Å²) < 4.78 is 2.01. The fourth-order valence-corrected chi connectivity index (χ4v) is 2.03. The molecule has 0 aliphatic carbocycles. The molecule has 1 aromatic heterocycles. The molecule has 0 fully saturated rings. The lowest BCUT2D eigenvalue weighted by Crippen LogP contribution is -2.10. The number of rotatable bonds is 4. The van der Waals surface area contributed by atoms with Gasteiger partial charge in [-0.05, 0) is 24.5 Å². The molecule has 1 atom stereocenters. The minimum atomic E-state index is -0.641. The van der Waals surface area contributed by atoms with Crippen molar-refractivity contribution in [1.29, 1.82) is 0 Å². The van der Waals surface area contributed by atoms with Gasteiger partial charge in [-0.15, -0.1) is 0 Å². The Labute approximate surface area is 102 Å². The second-order valence-electron chi connectivity index (χ2n) is 4.24. The highest BCUT2D eigenvalue weighted by atomic mass is 16.3. The Morgan fingerprint density at radius 3 is 2.82 bits per heavy atom. The average Bonchev–Trinajstić information content (AvgIpc) is 2.78. The number of aromatic nitrogens is 2. The summed E-state index contributed by atoms with van der Waals surface area (Å²) in [7, 11) is 0. The topological polar surface area (TPSA) is 38.0 Å². The van der Waals surface area contributed by atoms with E-state index in [1.165, 1.54) is 0 Å². The second-order valence-corrected chi connectivity index (χ2v) is 4.24. The molecule has 2 rings (SSSR count). The number of hydrogen-bond acceptors (Lipinski definition) is 2. The lowest BCUT2D eigenvalue weighted by atomic mass is 10.0. The predicted octanol–water partition coefficient (Wildman–Crippen LogP) is 2.68. The van der Waals surface area contributed by atoms with Crippen LogP contribution in [0.15, 0.2) is 36.7 Å². The van der Waals surface area contributed by atoms with E-state index in [9.17, 15) is 5.11 Å². The van der Waals surface area contributed by atoms with Gasteiger partial charge in [0.2, 0.25) is 0 Å². The van der Waals surface area contributed by atoms with E-state index >= 15 is 0 Å². The third-order valence-corrected chi connectivity index (χ3v) is 2.94. The summed E-state index contributed by atoms with van der Waals surface area (Å²) in [4.78, 5) is 4.27. The van der Waals surface area contributed by atoms with Crippen LogP contribution in [-0.4, -0.2) is 14.7 Å². The molecule has 0 saturated heterocycles. The zero-order valence-electron chi connectivity index (χ0n) is 10.3. The maximum atomic E-state index is 10.4. The summed E-state index contributed by atoms with van der Waals surface area (Å²) in [6.45, 7) is 5.01. The first-order valence-corrected chi connectivity index (χ1v) is 5.98. The summed E-state index contributed by atoms with van der Waals surface area (Å²) in [5.41, 5.74) is 2.02. The van der Waals surface area contributed by atoms with Gasteiger partial charge in [0.15, 0.2) is 0 Å². The molecular weight excluding hydrogens is 212 g/mol. The van der Waals surface area contributed by atoms with E-state index in [-0.39, 0.29) is 0 Å². The van der Waals surface area contributed by atoms with Crippen LogP contribution in [0.5, 0.6) is 0 Å². The van der Waals surface area contributed by atoms with Gasteiger partial charge in [-0.25, -0.2) is 4.98 Å². The third-order valence-electron chi connectivity index (χ3n) is 2.94. The molecule has 17 heavy (non-hydrogen) atoms. The van der Waals surface area contributed by atoms with Crippen molar-refractivity contribution in [2.45, 2.75) is 32.9 Å². The van der Waals surface area contributed by atoms with E-state index < -0.39 is 6.10 Å². The predicted molar refractivity (Wildman–Crippen MR) is 67.8 cm³/mol. The first kappa shape index (κ1) is 11.9. The third kappa shape index (κ3) is 2.39. The van der Waals surface area contributed by atoms with Crippen LogP contribution >= 0.6 is 0 Å². The smallest absolute Gasteiger partial charge is 0.142 e. The summed E-state index contributed by atoms with van der Waals surface area (Å²) in [5, 5.41) is 10.4. The molecule has 0 aliphatic heterocycles.